The lowest BCUT2D eigenvalue weighted by Gasteiger charge is -2.20. The summed E-state index contributed by atoms with van der Waals surface area (Å²) in [4.78, 5) is 0. The molecule has 0 radical (unpaired) electrons. The summed E-state index contributed by atoms with van der Waals surface area (Å²) in [6.07, 6.45) is 0. The molecule has 1 aromatic rings. The summed E-state index contributed by atoms with van der Waals surface area (Å²) in [7, 11) is 0. The van der Waals surface area contributed by atoms with Gasteiger partial charge in [0.25, 0.3) is 0 Å². The van der Waals surface area contributed by atoms with Gasteiger partial charge in [-0.05, 0) is 45.4 Å². The van der Waals surface area contributed by atoms with Crippen molar-refractivity contribution < 1.29 is 4.74 Å². The van der Waals surface area contributed by atoms with E-state index in [1.807, 2.05) is 25.1 Å². The van der Waals surface area contributed by atoms with E-state index in [4.69, 9.17) is 16.3 Å². The molecule has 0 aliphatic heterocycles. The minimum Gasteiger partial charge on any atom is -0.382 e. The van der Waals surface area contributed by atoms with Crippen molar-refractivity contribution in [2.24, 2.45) is 0 Å². The first-order valence-electron chi connectivity index (χ1n) is 5.53. The van der Waals surface area contributed by atoms with Crippen LogP contribution in [0.25, 0.3) is 0 Å². The van der Waals surface area contributed by atoms with Crippen LogP contribution in [0.4, 0.5) is 5.69 Å². The van der Waals surface area contributed by atoms with Gasteiger partial charge in [-0.3, -0.25) is 0 Å². The summed E-state index contributed by atoms with van der Waals surface area (Å²) in [5.41, 5.74) is 2.08. The largest absolute Gasteiger partial charge is 0.382 e. The first-order chi connectivity index (χ1) is 7.40. The Morgan fingerprint density at radius 1 is 1.31 bits per heavy atom. The van der Waals surface area contributed by atoms with Crippen molar-refractivity contribution in [3.05, 3.63) is 28.8 Å². The van der Waals surface area contributed by atoms with Crippen molar-refractivity contribution in [1.82, 2.24) is 0 Å². The Kier molecular flexibility index (Phi) is 4.63. The van der Waals surface area contributed by atoms with E-state index in [1.54, 1.807) is 0 Å². The van der Waals surface area contributed by atoms with Gasteiger partial charge in [0.2, 0.25) is 0 Å². The smallest absolute Gasteiger partial charge is 0.0646 e. The van der Waals surface area contributed by atoms with Gasteiger partial charge >= 0.3 is 0 Å². The van der Waals surface area contributed by atoms with Crippen molar-refractivity contribution in [3.8, 4) is 0 Å². The Labute approximate surface area is 103 Å². The van der Waals surface area contributed by atoms with Crippen LogP contribution in [0, 0.1) is 6.92 Å². The summed E-state index contributed by atoms with van der Waals surface area (Å²) in [6.45, 7) is 9.65. The fourth-order valence-electron chi connectivity index (χ4n) is 1.34. The van der Waals surface area contributed by atoms with Crippen LogP contribution < -0.4 is 5.32 Å². The molecular weight excluding hydrogens is 222 g/mol. The summed E-state index contributed by atoms with van der Waals surface area (Å²) < 4.78 is 5.63. The van der Waals surface area contributed by atoms with Crippen molar-refractivity contribution in [2.75, 3.05) is 18.5 Å². The molecule has 0 saturated heterocycles. The van der Waals surface area contributed by atoms with Crippen LogP contribution in [0.3, 0.4) is 0 Å². The maximum Gasteiger partial charge on any atom is 0.0646 e. The molecule has 1 rings (SSSR count). The quantitative estimate of drug-likeness (QED) is 0.808. The highest BCUT2D eigenvalue weighted by Crippen LogP contribution is 2.22. The summed E-state index contributed by atoms with van der Waals surface area (Å²) in [5.74, 6) is 0. The lowest BCUT2D eigenvalue weighted by Crippen LogP contribution is -2.23. The van der Waals surface area contributed by atoms with Gasteiger partial charge in [0.05, 0.1) is 12.2 Å². The summed E-state index contributed by atoms with van der Waals surface area (Å²) >= 11 is 6.03. The monoisotopic (exact) mass is 241 g/mol. The molecule has 0 heterocycles. The second-order valence-electron chi connectivity index (χ2n) is 4.80. The van der Waals surface area contributed by atoms with Crippen LogP contribution in [-0.4, -0.2) is 18.8 Å². The average molecular weight is 242 g/mol. The number of anilines is 1. The SMILES string of the molecule is Cc1c(Cl)cccc1NCCOC(C)(C)C. The fourth-order valence-corrected chi connectivity index (χ4v) is 1.52. The Balaban J connectivity index is 2.41. The van der Waals surface area contributed by atoms with Crippen LogP contribution >= 0.6 is 11.6 Å². The van der Waals surface area contributed by atoms with E-state index in [2.05, 4.69) is 26.1 Å². The van der Waals surface area contributed by atoms with E-state index >= 15 is 0 Å². The topological polar surface area (TPSA) is 21.3 Å². The standard InChI is InChI=1S/C13H20ClNO/c1-10-11(14)6-5-7-12(10)15-8-9-16-13(2,3)4/h5-7,15H,8-9H2,1-4H3. The molecule has 0 atom stereocenters. The molecule has 0 fully saturated rings. The molecule has 0 aliphatic carbocycles. The molecule has 0 unspecified atom stereocenters. The predicted molar refractivity (Wildman–Crippen MR) is 70.4 cm³/mol. The molecule has 0 aliphatic rings. The Hall–Kier alpha value is -0.730. The fraction of sp³-hybridized carbons (Fsp3) is 0.538. The minimum absolute atomic E-state index is 0.0783. The second-order valence-corrected chi connectivity index (χ2v) is 5.21. The van der Waals surface area contributed by atoms with Gasteiger partial charge in [-0.1, -0.05) is 17.7 Å². The molecule has 0 aromatic heterocycles. The Morgan fingerprint density at radius 2 is 2.00 bits per heavy atom. The van der Waals surface area contributed by atoms with Gasteiger partial charge in [0, 0.05) is 17.3 Å². The van der Waals surface area contributed by atoms with Gasteiger partial charge in [-0.15, -0.1) is 0 Å². The predicted octanol–water partition coefficient (Wildman–Crippen LogP) is 3.88. The van der Waals surface area contributed by atoms with Crippen molar-refractivity contribution in [1.29, 1.82) is 0 Å². The van der Waals surface area contributed by atoms with Gasteiger partial charge < -0.3 is 10.1 Å². The van der Waals surface area contributed by atoms with E-state index in [-0.39, 0.29) is 5.60 Å². The van der Waals surface area contributed by atoms with E-state index in [0.717, 1.165) is 22.8 Å². The zero-order valence-corrected chi connectivity index (χ0v) is 11.2. The third-order valence-corrected chi connectivity index (χ3v) is 2.63. The Bertz CT molecular complexity index is 344. The number of ether oxygens (including phenoxy) is 1. The first-order valence-corrected chi connectivity index (χ1v) is 5.91. The summed E-state index contributed by atoms with van der Waals surface area (Å²) in [5, 5.41) is 4.11. The number of nitrogens with one attached hydrogen (secondary N) is 1. The third kappa shape index (κ3) is 4.42. The van der Waals surface area contributed by atoms with Crippen molar-refractivity contribution in [3.63, 3.8) is 0 Å². The molecule has 0 bridgehead atoms. The number of halogens is 1. The van der Waals surface area contributed by atoms with Gasteiger partial charge in [-0.25, -0.2) is 0 Å². The third-order valence-electron chi connectivity index (χ3n) is 2.22. The molecule has 90 valence electrons. The molecule has 1 aromatic carbocycles. The Morgan fingerprint density at radius 3 is 2.62 bits per heavy atom. The normalized spacial score (nSPS) is 11.6. The molecule has 0 saturated carbocycles. The molecule has 3 heteroatoms. The van der Waals surface area contributed by atoms with E-state index in [1.165, 1.54) is 0 Å². The average Bonchev–Trinajstić information content (AvgIpc) is 2.17. The van der Waals surface area contributed by atoms with Crippen LogP contribution in [0.2, 0.25) is 5.02 Å². The zero-order valence-electron chi connectivity index (χ0n) is 10.4. The summed E-state index contributed by atoms with van der Waals surface area (Å²) in [6, 6.07) is 5.87. The van der Waals surface area contributed by atoms with Gasteiger partial charge in [0.1, 0.15) is 0 Å². The number of rotatable bonds is 4. The first kappa shape index (κ1) is 13.3. The van der Waals surface area contributed by atoms with Gasteiger partial charge in [-0.2, -0.15) is 0 Å². The van der Waals surface area contributed by atoms with Crippen molar-refractivity contribution >= 4 is 17.3 Å². The van der Waals surface area contributed by atoms with Gasteiger partial charge in [0.15, 0.2) is 0 Å². The van der Waals surface area contributed by atoms with E-state index in [9.17, 15) is 0 Å². The van der Waals surface area contributed by atoms with E-state index in [0.29, 0.717) is 6.61 Å². The zero-order chi connectivity index (χ0) is 12.2. The van der Waals surface area contributed by atoms with Crippen LogP contribution in [-0.2, 0) is 4.74 Å². The minimum atomic E-state index is -0.0783. The highest BCUT2D eigenvalue weighted by Gasteiger charge is 2.09. The van der Waals surface area contributed by atoms with Crippen LogP contribution in [0.15, 0.2) is 18.2 Å². The van der Waals surface area contributed by atoms with Crippen molar-refractivity contribution in [2.45, 2.75) is 33.3 Å². The highest BCUT2D eigenvalue weighted by molar-refractivity contribution is 6.31. The molecule has 0 amide bonds. The highest BCUT2D eigenvalue weighted by atomic mass is 35.5. The molecule has 16 heavy (non-hydrogen) atoms. The maximum atomic E-state index is 6.03. The van der Waals surface area contributed by atoms with Crippen LogP contribution in [0.5, 0.6) is 0 Å². The van der Waals surface area contributed by atoms with E-state index < -0.39 is 0 Å². The molecular formula is C13H20ClNO. The molecule has 0 spiro atoms. The number of hydrogen-bond acceptors (Lipinski definition) is 2. The number of benzene rings is 1. The number of hydrogen-bond donors (Lipinski definition) is 1. The molecule has 2 nitrogen and oxygen atoms in total. The lowest BCUT2D eigenvalue weighted by molar-refractivity contribution is 0.00333. The lowest BCUT2D eigenvalue weighted by atomic mass is 10.2. The molecule has 1 N–H and O–H groups in total. The second kappa shape index (κ2) is 5.55. The maximum absolute atomic E-state index is 6.03. The van der Waals surface area contributed by atoms with Crippen LogP contribution in [0.1, 0.15) is 26.3 Å².